The zero-order valence-corrected chi connectivity index (χ0v) is 23.4. The number of nitrogens with zero attached hydrogens (tertiary/aromatic N) is 2. The first kappa shape index (κ1) is 26.2. The fourth-order valence-electron chi connectivity index (χ4n) is 6.71. The summed E-state index contributed by atoms with van der Waals surface area (Å²) >= 11 is 0. The molecule has 0 unspecified atom stereocenters. The number of benzene rings is 2. The van der Waals surface area contributed by atoms with E-state index in [0.29, 0.717) is 12.8 Å². The molecule has 2 aliphatic rings. The molecule has 0 N–H and O–H groups in total. The number of rotatable bonds is 5. The molecule has 0 aromatic heterocycles. The number of amides is 2. The minimum absolute atomic E-state index is 0.163. The van der Waals surface area contributed by atoms with E-state index in [1.165, 1.54) is 16.7 Å². The van der Waals surface area contributed by atoms with Crippen molar-refractivity contribution in [3.63, 3.8) is 0 Å². The van der Waals surface area contributed by atoms with Crippen LogP contribution in [0.3, 0.4) is 0 Å². The van der Waals surface area contributed by atoms with Crippen LogP contribution >= 0.6 is 0 Å². The van der Waals surface area contributed by atoms with Crippen molar-refractivity contribution in [3.05, 3.63) is 65.2 Å². The van der Waals surface area contributed by atoms with E-state index >= 15 is 0 Å². The van der Waals surface area contributed by atoms with Crippen molar-refractivity contribution in [1.82, 2.24) is 0 Å². The summed E-state index contributed by atoms with van der Waals surface area (Å²) in [7, 11) is 0. The fraction of sp³-hybridized carbons (Fsp3) is 0.500. The molecular weight excluding hydrogens is 444 g/mol. The van der Waals surface area contributed by atoms with Gasteiger partial charge < -0.3 is 9.80 Å². The van der Waals surface area contributed by atoms with Crippen molar-refractivity contribution >= 4 is 28.8 Å². The van der Waals surface area contributed by atoms with Crippen LogP contribution in [-0.2, 0) is 15.0 Å². The number of hydrogen-bond acceptors (Lipinski definition) is 2. The highest BCUT2D eigenvalue weighted by atomic mass is 16.2. The lowest BCUT2D eigenvalue weighted by atomic mass is 9.64. The zero-order chi connectivity index (χ0) is 26.5. The predicted molar refractivity (Wildman–Crippen MR) is 151 cm³/mol. The maximum Gasteiger partial charge on any atom is 0.227 e. The third-order valence-corrected chi connectivity index (χ3v) is 8.00. The predicted octanol–water partition coefficient (Wildman–Crippen LogP) is 7.64. The van der Waals surface area contributed by atoms with Crippen LogP contribution in [0.4, 0.5) is 11.4 Å². The second-order valence-corrected chi connectivity index (χ2v) is 12.0. The number of para-hydroxylation sites is 1. The van der Waals surface area contributed by atoms with Crippen LogP contribution in [0.5, 0.6) is 0 Å². The van der Waals surface area contributed by atoms with E-state index in [1.54, 1.807) is 0 Å². The molecule has 36 heavy (non-hydrogen) atoms. The van der Waals surface area contributed by atoms with Gasteiger partial charge in [0.2, 0.25) is 11.8 Å². The van der Waals surface area contributed by atoms with E-state index in [2.05, 4.69) is 97.9 Å². The highest BCUT2D eigenvalue weighted by Crippen LogP contribution is 2.52. The first-order valence-corrected chi connectivity index (χ1v) is 13.5. The zero-order valence-electron chi connectivity index (χ0n) is 23.4. The van der Waals surface area contributed by atoms with Crippen molar-refractivity contribution in [2.24, 2.45) is 0 Å². The Bertz CT molecular complexity index is 1220. The van der Waals surface area contributed by atoms with Crippen molar-refractivity contribution in [2.75, 3.05) is 9.80 Å². The molecule has 1 atom stereocenters. The van der Waals surface area contributed by atoms with E-state index in [0.717, 1.165) is 36.2 Å². The van der Waals surface area contributed by atoms with Crippen LogP contribution in [0, 0.1) is 0 Å². The average molecular weight is 487 g/mol. The third-order valence-electron chi connectivity index (χ3n) is 8.00. The molecule has 2 amide bonds. The Hall–Kier alpha value is -2.88. The van der Waals surface area contributed by atoms with Crippen molar-refractivity contribution in [3.8, 4) is 0 Å². The highest BCUT2D eigenvalue weighted by molar-refractivity contribution is 6.01. The molecule has 2 aliphatic heterocycles. The summed E-state index contributed by atoms with van der Waals surface area (Å²) in [5.41, 5.74) is 5.62. The molecule has 0 fully saturated rings. The lowest BCUT2D eigenvalue weighted by molar-refractivity contribution is -0.120. The molecule has 0 spiro atoms. The van der Waals surface area contributed by atoms with E-state index in [4.69, 9.17) is 0 Å². The molecule has 0 aliphatic carbocycles. The summed E-state index contributed by atoms with van der Waals surface area (Å²) in [5.74, 6) is 0.344. The SMILES string of the molecule is CCCC(=O)N1c2cc([C@@]3(C)CC(C)(C)N(C(=O)CCC)c4ccccc43)ccc2C(C)=CC1(C)C. The Morgan fingerprint density at radius 1 is 0.833 bits per heavy atom. The van der Waals surface area contributed by atoms with Gasteiger partial charge in [-0.25, -0.2) is 0 Å². The first-order valence-electron chi connectivity index (χ1n) is 13.5. The van der Waals surface area contributed by atoms with Crippen LogP contribution in [0.25, 0.3) is 5.57 Å². The summed E-state index contributed by atoms with van der Waals surface area (Å²) in [4.78, 5) is 30.7. The molecule has 4 nitrogen and oxygen atoms in total. The van der Waals surface area contributed by atoms with Gasteiger partial charge in [-0.3, -0.25) is 9.59 Å². The van der Waals surface area contributed by atoms with Gasteiger partial charge in [0.05, 0.1) is 11.2 Å². The van der Waals surface area contributed by atoms with Crippen molar-refractivity contribution in [1.29, 1.82) is 0 Å². The minimum Gasteiger partial charge on any atom is -0.307 e. The van der Waals surface area contributed by atoms with Gasteiger partial charge in [-0.05, 0) is 82.7 Å². The number of anilines is 2. The van der Waals surface area contributed by atoms with Crippen LogP contribution in [0.1, 0.15) is 104 Å². The first-order chi connectivity index (χ1) is 16.9. The highest BCUT2D eigenvalue weighted by Gasteiger charge is 2.48. The molecular formula is C32H42N2O2. The smallest absolute Gasteiger partial charge is 0.227 e. The Morgan fingerprint density at radius 2 is 1.44 bits per heavy atom. The molecule has 4 rings (SSSR count). The Morgan fingerprint density at radius 3 is 2.08 bits per heavy atom. The molecule has 0 bridgehead atoms. The second kappa shape index (κ2) is 9.21. The monoisotopic (exact) mass is 486 g/mol. The van der Waals surface area contributed by atoms with Crippen LogP contribution in [0.15, 0.2) is 48.5 Å². The third kappa shape index (κ3) is 4.19. The molecule has 0 radical (unpaired) electrons. The largest absolute Gasteiger partial charge is 0.307 e. The van der Waals surface area contributed by atoms with Gasteiger partial charge in [0, 0.05) is 35.0 Å². The van der Waals surface area contributed by atoms with E-state index in [-0.39, 0.29) is 22.8 Å². The number of fused-ring (bicyclic) bond motifs is 2. The Kier molecular flexibility index (Phi) is 6.70. The van der Waals surface area contributed by atoms with Gasteiger partial charge in [-0.1, -0.05) is 57.2 Å². The summed E-state index contributed by atoms with van der Waals surface area (Å²) in [5, 5.41) is 0. The topological polar surface area (TPSA) is 40.6 Å². The van der Waals surface area contributed by atoms with Gasteiger partial charge in [0.1, 0.15) is 0 Å². The second-order valence-electron chi connectivity index (χ2n) is 12.0. The number of allylic oxidation sites excluding steroid dienone is 1. The number of hydrogen-bond donors (Lipinski definition) is 0. The molecule has 2 aromatic rings. The Balaban J connectivity index is 1.91. The maximum atomic E-state index is 13.4. The quantitative estimate of drug-likeness (QED) is 0.436. The van der Waals surface area contributed by atoms with E-state index in [9.17, 15) is 9.59 Å². The lowest BCUT2D eigenvalue weighted by Crippen LogP contribution is -2.56. The summed E-state index contributed by atoms with van der Waals surface area (Å²) in [6, 6.07) is 15.0. The minimum atomic E-state index is -0.393. The molecule has 192 valence electrons. The normalized spacial score (nSPS) is 21.9. The number of carbonyl (C=O) groups excluding carboxylic acids is 2. The summed E-state index contributed by atoms with van der Waals surface area (Å²) in [6.45, 7) is 17.2. The van der Waals surface area contributed by atoms with Gasteiger partial charge in [0.25, 0.3) is 0 Å². The Labute approximate surface area is 217 Å². The molecule has 2 heterocycles. The number of carbonyl (C=O) groups is 2. The van der Waals surface area contributed by atoms with E-state index in [1.807, 2.05) is 15.9 Å². The lowest BCUT2D eigenvalue weighted by Gasteiger charge is -2.52. The van der Waals surface area contributed by atoms with Gasteiger partial charge >= 0.3 is 0 Å². The summed E-state index contributed by atoms with van der Waals surface area (Å²) in [6.07, 6.45) is 5.74. The summed E-state index contributed by atoms with van der Waals surface area (Å²) < 4.78 is 0. The van der Waals surface area contributed by atoms with Gasteiger partial charge in [0.15, 0.2) is 0 Å². The van der Waals surface area contributed by atoms with Crippen LogP contribution in [-0.4, -0.2) is 22.9 Å². The van der Waals surface area contributed by atoms with Crippen molar-refractivity contribution in [2.45, 2.75) is 104 Å². The van der Waals surface area contributed by atoms with Crippen molar-refractivity contribution < 1.29 is 9.59 Å². The fourth-order valence-corrected chi connectivity index (χ4v) is 6.71. The molecule has 2 aromatic carbocycles. The van der Waals surface area contributed by atoms with Crippen LogP contribution in [0.2, 0.25) is 0 Å². The molecule has 0 saturated heterocycles. The van der Waals surface area contributed by atoms with Crippen LogP contribution < -0.4 is 9.80 Å². The van der Waals surface area contributed by atoms with E-state index < -0.39 is 5.54 Å². The standard InChI is InChI=1S/C32H42N2O2/c1-9-13-28(35)33-26-16-12-11-15-25(26)32(8,21-31(33,6)7)23-17-18-24-22(3)20-30(4,5)34(27(24)19-23)29(36)14-10-2/h11-12,15-20H,9-10,13-14,21H2,1-8H3/t32-/m1/s1. The molecule has 0 saturated carbocycles. The maximum absolute atomic E-state index is 13.4. The molecule has 4 heteroatoms. The average Bonchev–Trinajstić information content (AvgIpc) is 2.78. The van der Waals surface area contributed by atoms with Gasteiger partial charge in [-0.2, -0.15) is 0 Å². The van der Waals surface area contributed by atoms with Gasteiger partial charge in [-0.15, -0.1) is 0 Å².